The van der Waals surface area contributed by atoms with E-state index in [1.807, 2.05) is 53.2 Å². The average molecular weight is 488 g/mol. The molecule has 1 amide bonds. The van der Waals surface area contributed by atoms with Crippen LogP contribution in [0.15, 0.2) is 77.5 Å². The number of piperidine rings is 3. The third kappa shape index (κ3) is 3.89. The number of fused-ring (bicyclic) bond motifs is 1. The van der Waals surface area contributed by atoms with E-state index >= 15 is 0 Å². The predicted octanol–water partition coefficient (Wildman–Crippen LogP) is 3.86. The van der Waals surface area contributed by atoms with Crippen molar-refractivity contribution in [3.63, 3.8) is 0 Å². The second kappa shape index (κ2) is 8.43. The molecule has 4 aliphatic rings. The fourth-order valence-corrected chi connectivity index (χ4v) is 6.96. The van der Waals surface area contributed by atoms with E-state index in [4.69, 9.17) is 4.74 Å². The number of amides is 1. The molecule has 3 aromatic rings. The van der Waals surface area contributed by atoms with Gasteiger partial charge in [-0.05, 0) is 29.1 Å². The predicted molar refractivity (Wildman–Crippen MR) is 132 cm³/mol. The lowest BCUT2D eigenvalue weighted by Gasteiger charge is -2.41. The summed E-state index contributed by atoms with van der Waals surface area (Å²) in [5.41, 5.74) is 1.43. The fourth-order valence-electron chi connectivity index (χ4n) is 6.30. The van der Waals surface area contributed by atoms with Crippen LogP contribution in [-0.2, 0) is 9.53 Å². The highest BCUT2D eigenvalue weighted by molar-refractivity contribution is 7.08. The highest BCUT2D eigenvalue weighted by Crippen LogP contribution is 2.65. The molecule has 0 radical (unpaired) electrons. The molecular weight excluding hydrogens is 460 g/mol. The summed E-state index contributed by atoms with van der Waals surface area (Å²) in [6, 6.07) is 19.1. The molecule has 4 bridgehead atoms. The van der Waals surface area contributed by atoms with Gasteiger partial charge in [0.05, 0.1) is 19.0 Å². The van der Waals surface area contributed by atoms with E-state index in [-0.39, 0.29) is 17.6 Å². The molecule has 3 aliphatic heterocycles. The van der Waals surface area contributed by atoms with E-state index in [2.05, 4.69) is 5.32 Å². The van der Waals surface area contributed by atoms with Gasteiger partial charge in [-0.2, -0.15) is 11.3 Å². The van der Waals surface area contributed by atoms with Crippen LogP contribution in [0.4, 0.5) is 0 Å². The Bertz CT molecular complexity index is 1260. The standard InChI is InChI=1S/C28H26N2O4S/c31-24(21-12-14-35-17-21)16-30-13-11-22-23(15-30)28(22,18-30)34-27(33)25(19-7-3-1-4-8-19)29-26(32)20-9-5-2-6-10-20/h1-10,12,14,17,22-23,25H,11,13,15-16,18H2/p+1. The van der Waals surface area contributed by atoms with Crippen molar-refractivity contribution >= 4 is 29.0 Å². The number of carbonyl (C=O) groups excluding carboxylic acids is 3. The lowest BCUT2D eigenvalue weighted by atomic mass is 10.0. The Labute approximate surface area is 208 Å². The van der Waals surface area contributed by atoms with Gasteiger partial charge in [-0.25, -0.2) is 4.79 Å². The minimum absolute atomic E-state index is 0.157. The number of rotatable bonds is 8. The zero-order valence-electron chi connectivity index (χ0n) is 19.3. The monoisotopic (exact) mass is 487 g/mol. The van der Waals surface area contributed by atoms with Gasteiger partial charge in [-0.3, -0.25) is 9.59 Å². The second-order valence-corrected chi connectivity index (χ2v) is 10.8. The van der Waals surface area contributed by atoms with Crippen molar-refractivity contribution in [2.24, 2.45) is 11.8 Å². The molecule has 7 heteroatoms. The van der Waals surface area contributed by atoms with Crippen LogP contribution in [0.2, 0.25) is 0 Å². The Morgan fingerprint density at radius 2 is 1.74 bits per heavy atom. The lowest BCUT2D eigenvalue weighted by Crippen LogP contribution is -2.57. The summed E-state index contributed by atoms with van der Waals surface area (Å²) in [6.45, 7) is 2.95. The van der Waals surface area contributed by atoms with Gasteiger partial charge in [-0.1, -0.05) is 48.5 Å². The summed E-state index contributed by atoms with van der Waals surface area (Å²) >= 11 is 1.53. The van der Waals surface area contributed by atoms with Crippen molar-refractivity contribution in [3.05, 3.63) is 94.2 Å². The van der Waals surface area contributed by atoms with Crippen molar-refractivity contribution in [1.82, 2.24) is 5.32 Å². The van der Waals surface area contributed by atoms with Gasteiger partial charge in [-0.15, -0.1) is 0 Å². The summed E-state index contributed by atoms with van der Waals surface area (Å²) in [7, 11) is 0. The second-order valence-electron chi connectivity index (χ2n) is 10.1. The number of hydrogen-bond donors (Lipinski definition) is 1. The maximum absolute atomic E-state index is 13.6. The topological polar surface area (TPSA) is 72.5 Å². The van der Waals surface area contributed by atoms with Crippen molar-refractivity contribution in [1.29, 1.82) is 0 Å². The van der Waals surface area contributed by atoms with Crippen molar-refractivity contribution < 1.29 is 23.6 Å². The SMILES string of the molecule is O=C(C[N+]12CCC3C(C1)C3(OC(=O)C(NC(=O)c1ccccc1)c1ccccc1)C2)c1ccsc1. The first-order valence-corrected chi connectivity index (χ1v) is 13.0. The summed E-state index contributed by atoms with van der Waals surface area (Å²) in [4.78, 5) is 39.4. The number of nitrogens with one attached hydrogen (secondary N) is 1. The lowest BCUT2D eigenvalue weighted by molar-refractivity contribution is -0.922. The summed E-state index contributed by atoms with van der Waals surface area (Å²) < 4.78 is 6.97. The first kappa shape index (κ1) is 22.2. The van der Waals surface area contributed by atoms with Crippen LogP contribution >= 0.6 is 11.3 Å². The highest BCUT2D eigenvalue weighted by atomic mass is 32.1. The number of esters is 1. The molecule has 1 N–H and O–H groups in total. The molecule has 1 aliphatic carbocycles. The van der Waals surface area contributed by atoms with Gasteiger partial charge in [0.1, 0.15) is 13.1 Å². The molecule has 3 saturated heterocycles. The van der Waals surface area contributed by atoms with Crippen LogP contribution in [0.3, 0.4) is 0 Å². The molecule has 0 spiro atoms. The molecule has 4 heterocycles. The normalized spacial score (nSPS) is 28.7. The Kier molecular flexibility index (Phi) is 5.34. The smallest absolute Gasteiger partial charge is 0.334 e. The molecule has 7 rings (SSSR count). The van der Waals surface area contributed by atoms with Crippen molar-refractivity contribution in [2.75, 3.05) is 26.2 Å². The first-order chi connectivity index (χ1) is 17.0. The van der Waals surface area contributed by atoms with E-state index in [0.29, 0.717) is 34.6 Å². The maximum atomic E-state index is 13.6. The molecule has 35 heavy (non-hydrogen) atoms. The quantitative estimate of drug-likeness (QED) is 0.298. The molecule has 1 aromatic heterocycles. The van der Waals surface area contributed by atoms with Crippen LogP contribution in [0, 0.1) is 11.8 Å². The van der Waals surface area contributed by atoms with Crippen LogP contribution in [0.5, 0.6) is 0 Å². The van der Waals surface area contributed by atoms with Crippen LogP contribution < -0.4 is 5.32 Å². The van der Waals surface area contributed by atoms with E-state index in [0.717, 1.165) is 25.1 Å². The summed E-state index contributed by atoms with van der Waals surface area (Å²) in [5.74, 6) is 0.0484. The Morgan fingerprint density at radius 1 is 1.00 bits per heavy atom. The first-order valence-electron chi connectivity index (χ1n) is 12.0. The molecule has 6 nitrogen and oxygen atoms in total. The Balaban J connectivity index is 1.20. The van der Waals surface area contributed by atoms with E-state index in [9.17, 15) is 14.4 Å². The van der Waals surface area contributed by atoms with E-state index in [1.54, 1.807) is 24.3 Å². The minimum atomic E-state index is -0.894. The summed E-state index contributed by atoms with van der Waals surface area (Å²) in [6.07, 6.45) is 0.960. The summed E-state index contributed by atoms with van der Waals surface area (Å²) in [5, 5.41) is 6.72. The van der Waals surface area contributed by atoms with Gasteiger partial charge in [0.2, 0.25) is 5.78 Å². The Hall–Kier alpha value is -3.29. The number of quaternary nitrogens is 1. The molecular formula is C28H27N2O4S+. The van der Waals surface area contributed by atoms with Crippen molar-refractivity contribution in [3.8, 4) is 0 Å². The maximum Gasteiger partial charge on any atom is 0.334 e. The Morgan fingerprint density at radius 3 is 2.46 bits per heavy atom. The number of thiophene rings is 1. The van der Waals surface area contributed by atoms with Crippen molar-refractivity contribution in [2.45, 2.75) is 18.1 Å². The van der Waals surface area contributed by atoms with Gasteiger partial charge >= 0.3 is 5.97 Å². The molecule has 2 aromatic carbocycles. The number of Topliss-reactive ketones (excluding diaryl/α,β-unsaturated/α-hetero) is 1. The average Bonchev–Trinajstić information content (AvgIpc) is 3.23. The van der Waals surface area contributed by atoms with Gasteiger partial charge in [0.25, 0.3) is 5.91 Å². The third-order valence-corrected chi connectivity index (χ3v) is 8.69. The fraction of sp³-hybridized carbons (Fsp3) is 0.321. The third-order valence-electron chi connectivity index (χ3n) is 8.01. The van der Waals surface area contributed by atoms with Crippen LogP contribution in [0.1, 0.15) is 38.7 Å². The molecule has 1 saturated carbocycles. The van der Waals surface area contributed by atoms with Crippen LogP contribution in [-0.4, -0.2) is 53.9 Å². The number of ether oxygens (including phenoxy) is 1. The molecule has 5 atom stereocenters. The van der Waals surface area contributed by atoms with Crippen LogP contribution in [0.25, 0.3) is 0 Å². The number of benzene rings is 2. The van der Waals surface area contributed by atoms with E-state index in [1.165, 1.54) is 11.3 Å². The van der Waals surface area contributed by atoms with Gasteiger partial charge in [0, 0.05) is 28.8 Å². The minimum Gasteiger partial charge on any atom is -0.450 e. The largest absolute Gasteiger partial charge is 0.450 e. The number of ketones is 1. The number of nitrogens with zero attached hydrogens (tertiary/aromatic N) is 1. The number of hydrogen-bond acceptors (Lipinski definition) is 5. The molecule has 178 valence electrons. The zero-order valence-corrected chi connectivity index (χ0v) is 20.1. The zero-order chi connectivity index (χ0) is 24.0. The van der Waals surface area contributed by atoms with E-state index < -0.39 is 17.6 Å². The molecule has 4 fully saturated rings. The van der Waals surface area contributed by atoms with Gasteiger partial charge in [0.15, 0.2) is 11.6 Å². The molecule has 5 unspecified atom stereocenters. The highest BCUT2D eigenvalue weighted by Gasteiger charge is 2.81. The number of carbonyl (C=O) groups is 3. The van der Waals surface area contributed by atoms with Gasteiger partial charge < -0.3 is 14.5 Å².